The first kappa shape index (κ1) is 18.6. The van der Waals surface area contributed by atoms with E-state index in [4.69, 9.17) is 9.15 Å². The minimum atomic E-state index is -0.824. The molecular formula is C21H22N2O5. The van der Waals surface area contributed by atoms with Gasteiger partial charge in [-0.05, 0) is 18.1 Å². The van der Waals surface area contributed by atoms with Gasteiger partial charge in [0, 0.05) is 18.2 Å². The topological polar surface area (TPSA) is 97.7 Å². The molecule has 1 saturated heterocycles. The zero-order chi connectivity index (χ0) is 19.7. The fourth-order valence-corrected chi connectivity index (χ4v) is 3.43. The highest BCUT2D eigenvalue weighted by atomic mass is 16.5. The van der Waals surface area contributed by atoms with Gasteiger partial charge in [0.25, 0.3) is 0 Å². The molecule has 0 aliphatic carbocycles. The smallest absolute Gasteiger partial charge is 0.353 e. The quantitative estimate of drug-likeness (QED) is 0.704. The second-order valence-electron chi connectivity index (χ2n) is 6.81. The van der Waals surface area contributed by atoms with Gasteiger partial charge in [-0.25, -0.2) is 4.79 Å². The molecule has 0 spiro atoms. The normalized spacial score (nSPS) is 22.5. The Kier molecular flexibility index (Phi) is 5.13. The van der Waals surface area contributed by atoms with Gasteiger partial charge in [-0.3, -0.25) is 4.57 Å². The number of aliphatic hydroxyl groups is 2. The van der Waals surface area contributed by atoms with Crippen molar-refractivity contribution in [1.82, 2.24) is 9.55 Å². The number of benzene rings is 1. The number of rotatable bonds is 5. The van der Waals surface area contributed by atoms with Crippen molar-refractivity contribution in [3.05, 3.63) is 58.7 Å². The molecule has 1 aromatic carbocycles. The highest BCUT2D eigenvalue weighted by molar-refractivity contribution is 5.82. The van der Waals surface area contributed by atoms with E-state index >= 15 is 0 Å². The lowest BCUT2D eigenvalue weighted by atomic mass is 10.0. The van der Waals surface area contributed by atoms with Crippen LogP contribution in [-0.4, -0.2) is 38.6 Å². The number of aliphatic hydroxyl groups excluding tert-OH is 2. The Balaban J connectivity index is 1.74. The van der Waals surface area contributed by atoms with Crippen LogP contribution >= 0.6 is 0 Å². The van der Waals surface area contributed by atoms with Crippen molar-refractivity contribution in [3.63, 3.8) is 0 Å². The number of nitrogens with zero attached hydrogens (tertiary/aromatic N) is 2. The number of hydrogen-bond donors (Lipinski definition) is 2. The molecule has 0 amide bonds. The van der Waals surface area contributed by atoms with Crippen LogP contribution in [0.4, 0.5) is 0 Å². The maximum absolute atomic E-state index is 12.4. The van der Waals surface area contributed by atoms with Crippen LogP contribution in [0, 0.1) is 0 Å². The van der Waals surface area contributed by atoms with Crippen molar-refractivity contribution in [2.45, 2.75) is 38.2 Å². The van der Waals surface area contributed by atoms with E-state index in [9.17, 15) is 15.0 Å². The van der Waals surface area contributed by atoms with Crippen molar-refractivity contribution < 1.29 is 19.4 Å². The molecule has 0 saturated carbocycles. The third kappa shape index (κ3) is 3.40. The number of aromatic nitrogens is 2. The molecule has 0 unspecified atom stereocenters. The van der Waals surface area contributed by atoms with Crippen molar-refractivity contribution >= 4 is 17.2 Å². The molecule has 2 aromatic heterocycles. The van der Waals surface area contributed by atoms with Gasteiger partial charge in [-0.2, -0.15) is 4.98 Å². The van der Waals surface area contributed by atoms with E-state index in [-0.39, 0.29) is 18.7 Å². The van der Waals surface area contributed by atoms with Gasteiger partial charge in [0.1, 0.15) is 18.1 Å². The molecule has 0 radical (unpaired) electrons. The highest BCUT2D eigenvalue weighted by Gasteiger charge is 2.35. The lowest BCUT2D eigenvalue weighted by Gasteiger charge is -2.13. The lowest BCUT2D eigenvalue weighted by molar-refractivity contribution is -0.0457. The van der Waals surface area contributed by atoms with Crippen LogP contribution in [-0.2, 0) is 4.74 Å². The second-order valence-corrected chi connectivity index (χ2v) is 6.81. The number of allylic oxidation sites excluding steroid dienone is 1. The van der Waals surface area contributed by atoms with Gasteiger partial charge in [0.05, 0.1) is 18.1 Å². The van der Waals surface area contributed by atoms with Gasteiger partial charge in [-0.15, -0.1) is 0 Å². The standard InChI is InChI=1S/C21H22N2O5/c1-2-3-6-13-7-4-5-8-15(13)17-9-14-11-23(21(26)22-20(14)28-17)19-10-16(25)18(12-24)27-19/h3-9,11,16,18-19,24-25H,2,10,12H2,1H3/b6-3+/t16-,18+,19+/m0/s1. The lowest BCUT2D eigenvalue weighted by Crippen LogP contribution is -2.27. The summed E-state index contributed by atoms with van der Waals surface area (Å²) in [5, 5.41) is 19.8. The molecular weight excluding hydrogens is 360 g/mol. The Morgan fingerprint density at radius 1 is 1.36 bits per heavy atom. The summed E-state index contributed by atoms with van der Waals surface area (Å²) in [4.78, 5) is 16.5. The second kappa shape index (κ2) is 7.71. The van der Waals surface area contributed by atoms with Crippen molar-refractivity contribution in [2.75, 3.05) is 6.61 Å². The minimum Gasteiger partial charge on any atom is -0.437 e. The van der Waals surface area contributed by atoms with Crippen molar-refractivity contribution in [2.24, 2.45) is 0 Å². The molecule has 3 heterocycles. The summed E-state index contributed by atoms with van der Waals surface area (Å²) in [6.07, 6.45) is 4.68. The zero-order valence-electron chi connectivity index (χ0n) is 15.5. The molecule has 3 aromatic rings. The van der Waals surface area contributed by atoms with Gasteiger partial charge in [0.2, 0.25) is 5.71 Å². The first-order valence-corrected chi connectivity index (χ1v) is 9.33. The van der Waals surface area contributed by atoms with Gasteiger partial charge < -0.3 is 19.4 Å². The van der Waals surface area contributed by atoms with Crippen LogP contribution in [0.5, 0.6) is 0 Å². The molecule has 1 aliphatic rings. The third-order valence-corrected chi connectivity index (χ3v) is 4.89. The van der Waals surface area contributed by atoms with Gasteiger partial charge >= 0.3 is 5.69 Å². The molecule has 4 rings (SSSR count). The van der Waals surface area contributed by atoms with E-state index in [2.05, 4.69) is 18.0 Å². The summed E-state index contributed by atoms with van der Waals surface area (Å²) >= 11 is 0. The number of hydrogen-bond acceptors (Lipinski definition) is 6. The SMILES string of the molecule is CC/C=C/c1ccccc1-c1cc2cn([C@H]3C[C@H](O)[C@@H](CO)O3)c(=O)nc2o1. The summed E-state index contributed by atoms with van der Waals surface area (Å²) in [6, 6.07) is 9.70. The molecule has 2 N–H and O–H groups in total. The highest BCUT2D eigenvalue weighted by Crippen LogP contribution is 2.31. The maximum atomic E-state index is 12.4. The third-order valence-electron chi connectivity index (χ3n) is 4.89. The first-order chi connectivity index (χ1) is 13.6. The summed E-state index contributed by atoms with van der Waals surface area (Å²) in [5.41, 5.74) is 1.66. The Morgan fingerprint density at radius 3 is 2.93 bits per heavy atom. The van der Waals surface area contributed by atoms with Crippen LogP contribution < -0.4 is 5.69 Å². The largest absolute Gasteiger partial charge is 0.437 e. The van der Waals surface area contributed by atoms with E-state index in [0.29, 0.717) is 11.1 Å². The monoisotopic (exact) mass is 382 g/mol. The molecule has 7 heteroatoms. The van der Waals surface area contributed by atoms with E-state index in [0.717, 1.165) is 17.5 Å². The number of ether oxygens (including phenoxy) is 1. The Morgan fingerprint density at radius 2 is 2.18 bits per heavy atom. The van der Waals surface area contributed by atoms with E-state index in [1.54, 1.807) is 6.20 Å². The van der Waals surface area contributed by atoms with Crippen LogP contribution in [0.3, 0.4) is 0 Å². The predicted molar refractivity (Wildman–Crippen MR) is 105 cm³/mol. The number of furan rings is 1. The predicted octanol–water partition coefficient (Wildman–Crippen LogP) is 2.72. The fourth-order valence-electron chi connectivity index (χ4n) is 3.43. The van der Waals surface area contributed by atoms with Gasteiger partial charge in [-0.1, -0.05) is 43.3 Å². The maximum Gasteiger partial charge on any atom is 0.353 e. The van der Waals surface area contributed by atoms with Crippen LogP contribution in [0.2, 0.25) is 0 Å². The Hall–Kier alpha value is -2.74. The molecule has 146 valence electrons. The van der Waals surface area contributed by atoms with Crippen molar-refractivity contribution in [1.29, 1.82) is 0 Å². The summed E-state index contributed by atoms with van der Waals surface area (Å²) in [6.45, 7) is 1.77. The summed E-state index contributed by atoms with van der Waals surface area (Å²) in [7, 11) is 0. The average molecular weight is 382 g/mol. The average Bonchev–Trinajstić information content (AvgIpc) is 3.28. The molecule has 1 aliphatic heterocycles. The molecule has 28 heavy (non-hydrogen) atoms. The Labute approximate surface area is 161 Å². The van der Waals surface area contributed by atoms with Crippen LogP contribution in [0.1, 0.15) is 31.6 Å². The Bertz CT molecular complexity index is 1070. The molecule has 1 fully saturated rings. The molecule has 0 bridgehead atoms. The minimum absolute atomic E-state index is 0.216. The molecule has 3 atom stereocenters. The fraction of sp³-hybridized carbons (Fsp3) is 0.333. The van der Waals surface area contributed by atoms with Crippen LogP contribution in [0.15, 0.2) is 51.8 Å². The number of fused-ring (bicyclic) bond motifs is 1. The van der Waals surface area contributed by atoms with Crippen molar-refractivity contribution in [3.8, 4) is 11.3 Å². The summed E-state index contributed by atoms with van der Waals surface area (Å²) in [5.74, 6) is 0.622. The summed E-state index contributed by atoms with van der Waals surface area (Å²) < 4.78 is 12.8. The van der Waals surface area contributed by atoms with Crippen LogP contribution in [0.25, 0.3) is 28.5 Å². The van der Waals surface area contributed by atoms with Gasteiger partial charge in [0.15, 0.2) is 0 Å². The first-order valence-electron chi connectivity index (χ1n) is 9.33. The zero-order valence-corrected chi connectivity index (χ0v) is 15.5. The van der Waals surface area contributed by atoms with E-state index < -0.39 is 24.1 Å². The molecule has 7 nitrogen and oxygen atoms in total. The van der Waals surface area contributed by atoms with E-state index in [1.165, 1.54) is 4.57 Å². The van der Waals surface area contributed by atoms with E-state index in [1.807, 2.05) is 36.4 Å².